The van der Waals surface area contributed by atoms with Crippen LogP contribution < -0.4 is 19.5 Å². The molecule has 0 amide bonds. The summed E-state index contributed by atoms with van der Waals surface area (Å²) in [7, 11) is 2.99. The summed E-state index contributed by atoms with van der Waals surface area (Å²) in [6.45, 7) is 0.536. The lowest BCUT2D eigenvalue weighted by Gasteiger charge is -2.09. The summed E-state index contributed by atoms with van der Waals surface area (Å²) < 4.78 is 15.8. The van der Waals surface area contributed by atoms with Crippen LogP contribution in [0.2, 0.25) is 0 Å². The average Bonchev–Trinajstić information content (AvgIpc) is 2.73. The van der Waals surface area contributed by atoms with Crippen LogP contribution in [0.25, 0.3) is 0 Å². The molecule has 0 fully saturated rings. The van der Waals surface area contributed by atoms with Crippen molar-refractivity contribution in [1.82, 2.24) is 9.97 Å². The molecule has 1 aromatic heterocycles. The molecule has 1 heterocycles. The largest absolute Gasteiger partial charge is 0.481 e. The highest BCUT2D eigenvalue weighted by Gasteiger charge is 2.08. The van der Waals surface area contributed by atoms with Gasteiger partial charge >= 0.3 is 6.01 Å². The third kappa shape index (κ3) is 4.85. The Morgan fingerprint density at radius 1 is 0.964 bits per heavy atom. The van der Waals surface area contributed by atoms with E-state index in [1.807, 2.05) is 12.1 Å². The lowest BCUT2D eigenvalue weighted by Crippen LogP contribution is -2.00. The van der Waals surface area contributed by atoms with Gasteiger partial charge in [-0.15, -0.1) is 0 Å². The minimum absolute atomic E-state index is 0.0710. The topological polar surface area (TPSA) is 109 Å². The van der Waals surface area contributed by atoms with Crippen LogP contribution in [0.1, 0.15) is 5.56 Å². The van der Waals surface area contributed by atoms with Crippen molar-refractivity contribution < 1.29 is 19.1 Å². The molecule has 3 aromatic rings. The molecule has 0 bridgehead atoms. The van der Waals surface area contributed by atoms with E-state index in [-0.39, 0.29) is 11.7 Å². The molecule has 0 aliphatic carbocycles. The molecule has 0 aliphatic rings. The molecule has 0 saturated heterocycles. The van der Waals surface area contributed by atoms with Gasteiger partial charge in [0.25, 0.3) is 5.69 Å². The number of nitro benzene ring substituents is 1. The van der Waals surface area contributed by atoms with Gasteiger partial charge in [0.05, 0.1) is 25.2 Å². The number of rotatable bonds is 8. The Labute approximate surface area is 161 Å². The van der Waals surface area contributed by atoms with Crippen LogP contribution in [0.3, 0.4) is 0 Å². The van der Waals surface area contributed by atoms with Crippen molar-refractivity contribution in [2.75, 3.05) is 19.5 Å². The van der Waals surface area contributed by atoms with E-state index in [4.69, 9.17) is 14.2 Å². The summed E-state index contributed by atoms with van der Waals surface area (Å²) in [6, 6.07) is 15.3. The molecule has 0 spiro atoms. The van der Waals surface area contributed by atoms with Crippen LogP contribution >= 0.6 is 0 Å². The van der Waals surface area contributed by atoms with Crippen LogP contribution in [0.15, 0.2) is 54.6 Å². The Balaban J connectivity index is 1.61. The predicted octanol–water partition coefficient (Wildman–Crippen LogP) is 3.81. The number of nitro groups is 1. The monoisotopic (exact) mass is 382 g/mol. The van der Waals surface area contributed by atoms with E-state index in [1.165, 1.54) is 26.4 Å². The number of anilines is 1. The summed E-state index contributed by atoms with van der Waals surface area (Å²) in [5.74, 6) is 1.22. The first-order valence-corrected chi connectivity index (χ1v) is 8.29. The second-order valence-electron chi connectivity index (χ2n) is 5.64. The van der Waals surface area contributed by atoms with Crippen molar-refractivity contribution in [3.05, 3.63) is 70.3 Å². The first kappa shape index (κ1) is 18.9. The zero-order valence-corrected chi connectivity index (χ0v) is 15.3. The van der Waals surface area contributed by atoms with Gasteiger partial charge < -0.3 is 19.5 Å². The number of nitrogens with zero attached hydrogens (tertiary/aromatic N) is 3. The molecule has 0 radical (unpaired) electrons. The number of benzene rings is 2. The maximum absolute atomic E-state index is 10.7. The number of aromatic nitrogens is 2. The maximum Gasteiger partial charge on any atom is 0.328 e. The lowest BCUT2D eigenvalue weighted by atomic mass is 10.2. The molecule has 28 heavy (non-hydrogen) atoms. The third-order valence-corrected chi connectivity index (χ3v) is 3.78. The van der Waals surface area contributed by atoms with Gasteiger partial charge in [-0.25, -0.2) is 0 Å². The van der Waals surface area contributed by atoms with Crippen LogP contribution in [-0.4, -0.2) is 29.1 Å². The summed E-state index contributed by atoms with van der Waals surface area (Å²) in [4.78, 5) is 18.5. The summed E-state index contributed by atoms with van der Waals surface area (Å²) in [5.41, 5.74) is 1.87. The number of hydrogen-bond donors (Lipinski definition) is 1. The number of nitrogens with one attached hydrogen (secondary N) is 1. The van der Waals surface area contributed by atoms with E-state index >= 15 is 0 Å². The molecule has 144 valence electrons. The van der Waals surface area contributed by atoms with Gasteiger partial charge in [-0.2, -0.15) is 9.97 Å². The maximum atomic E-state index is 10.7. The second kappa shape index (κ2) is 8.67. The van der Waals surface area contributed by atoms with Crippen molar-refractivity contribution in [3.63, 3.8) is 0 Å². The van der Waals surface area contributed by atoms with Crippen LogP contribution in [0.5, 0.6) is 23.5 Å². The van der Waals surface area contributed by atoms with E-state index in [0.717, 1.165) is 11.3 Å². The van der Waals surface area contributed by atoms with Crippen molar-refractivity contribution >= 4 is 11.4 Å². The molecule has 0 atom stereocenters. The molecule has 0 saturated carbocycles. The number of ether oxygens (including phenoxy) is 3. The van der Waals surface area contributed by atoms with Gasteiger partial charge in [-0.3, -0.25) is 10.1 Å². The van der Waals surface area contributed by atoms with Gasteiger partial charge in [0, 0.05) is 24.4 Å². The molecule has 3 rings (SSSR count). The van der Waals surface area contributed by atoms with Crippen LogP contribution in [0.4, 0.5) is 11.4 Å². The molecule has 9 nitrogen and oxygen atoms in total. The molecular weight excluding hydrogens is 364 g/mol. The van der Waals surface area contributed by atoms with E-state index in [0.29, 0.717) is 24.1 Å². The quantitative estimate of drug-likeness (QED) is 0.463. The Kier molecular flexibility index (Phi) is 5.85. The minimum Gasteiger partial charge on any atom is -0.481 e. The molecule has 1 N–H and O–H groups in total. The van der Waals surface area contributed by atoms with Crippen LogP contribution in [-0.2, 0) is 6.54 Å². The fourth-order valence-electron chi connectivity index (χ4n) is 2.32. The zero-order chi connectivity index (χ0) is 19.9. The Hall–Kier alpha value is -3.88. The van der Waals surface area contributed by atoms with E-state index in [2.05, 4.69) is 15.3 Å². The third-order valence-electron chi connectivity index (χ3n) is 3.78. The van der Waals surface area contributed by atoms with Crippen molar-refractivity contribution in [2.45, 2.75) is 6.54 Å². The average molecular weight is 382 g/mol. The predicted molar refractivity (Wildman–Crippen MR) is 102 cm³/mol. The van der Waals surface area contributed by atoms with E-state index in [1.54, 1.807) is 30.3 Å². The highest BCUT2D eigenvalue weighted by atomic mass is 16.6. The van der Waals surface area contributed by atoms with Crippen molar-refractivity contribution in [2.24, 2.45) is 0 Å². The number of methoxy groups -OCH3 is 2. The molecule has 2 aromatic carbocycles. The van der Waals surface area contributed by atoms with E-state index < -0.39 is 4.92 Å². The molecular formula is C19H18N4O5. The van der Waals surface area contributed by atoms with Gasteiger partial charge in [0.15, 0.2) is 0 Å². The fourth-order valence-corrected chi connectivity index (χ4v) is 2.32. The smallest absolute Gasteiger partial charge is 0.328 e. The molecule has 0 unspecified atom stereocenters. The molecule has 9 heteroatoms. The summed E-state index contributed by atoms with van der Waals surface area (Å²) >= 11 is 0. The normalized spacial score (nSPS) is 10.2. The highest BCUT2D eigenvalue weighted by molar-refractivity contribution is 5.47. The first-order valence-electron chi connectivity index (χ1n) is 8.29. The fraction of sp³-hybridized carbons (Fsp3) is 0.158. The minimum atomic E-state index is -0.419. The van der Waals surface area contributed by atoms with Gasteiger partial charge in [0.1, 0.15) is 5.75 Å². The second-order valence-corrected chi connectivity index (χ2v) is 5.64. The lowest BCUT2D eigenvalue weighted by molar-refractivity contribution is -0.384. The highest BCUT2D eigenvalue weighted by Crippen LogP contribution is 2.25. The summed E-state index contributed by atoms with van der Waals surface area (Å²) in [5, 5.41) is 13.9. The standard InChI is InChI=1S/C19H18N4O5/c1-26-17-11-18(27-2)22-19(21-17)28-16-9-5-14(6-10-16)20-12-13-3-7-15(8-4-13)23(24)25/h3-11,20H,12H2,1-2H3. The summed E-state index contributed by atoms with van der Waals surface area (Å²) in [6.07, 6.45) is 0. The molecule has 0 aliphatic heterocycles. The SMILES string of the molecule is COc1cc(OC)nc(Oc2ccc(NCc3ccc([N+](=O)[O-])cc3)cc2)n1. The first-order chi connectivity index (χ1) is 13.6. The van der Waals surface area contributed by atoms with Gasteiger partial charge in [-0.05, 0) is 29.8 Å². The van der Waals surface area contributed by atoms with Gasteiger partial charge in [-0.1, -0.05) is 12.1 Å². The number of hydrogen-bond acceptors (Lipinski definition) is 8. The van der Waals surface area contributed by atoms with Crippen molar-refractivity contribution in [3.8, 4) is 23.5 Å². The Bertz CT molecular complexity index is 923. The van der Waals surface area contributed by atoms with Crippen molar-refractivity contribution in [1.29, 1.82) is 0 Å². The number of non-ortho nitro benzene ring substituents is 1. The zero-order valence-electron chi connectivity index (χ0n) is 15.3. The Morgan fingerprint density at radius 2 is 1.57 bits per heavy atom. The Morgan fingerprint density at radius 3 is 2.11 bits per heavy atom. The van der Waals surface area contributed by atoms with Gasteiger partial charge in [0.2, 0.25) is 11.8 Å². The van der Waals surface area contributed by atoms with E-state index in [9.17, 15) is 10.1 Å². The van der Waals surface area contributed by atoms with Crippen LogP contribution in [0, 0.1) is 10.1 Å².